The van der Waals surface area contributed by atoms with Crippen molar-refractivity contribution in [3.8, 4) is 0 Å². The number of hydrogen-bond donors (Lipinski definition) is 4. The molecule has 1 aromatic rings. The Morgan fingerprint density at radius 2 is 2.29 bits per heavy atom. The Hall–Kier alpha value is -1.34. The molecule has 2 unspecified atom stereocenters. The Morgan fingerprint density at radius 1 is 1.52 bits per heavy atom. The second kappa shape index (κ2) is 7.09. The quantitative estimate of drug-likeness (QED) is 0.664. The highest BCUT2D eigenvalue weighted by molar-refractivity contribution is 7.18. The van der Waals surface area contributed by atoms with Crippen LogP contribution in [0.4, 0.5) is 10.9 Å². The highest BCUT2D eigenvalue weighted by atomic mass is 32.1. The van der Waals surface area contributed by atoms with Gasteiger partial charge in [-0.2, -0.15) is 0 Å². The van der Waals surface area contributed by atoms with E-state index in [2.05, 4.69) is 15.6 Å². The number of rotatable bonds is 5. The summed E-state index contributed by atoms with van der Waals surface area (Å²) in [5.74, 6) is 0.436. The molecule has 1 heterocycles. The van der Waals surface area contributed by atoms with E-state index in [0.717, 1.165) is 25.7 Å². The van der Waals surface area contributed by atoms with Gasteiger partial charge in [-0.1, -0.05) is 17.8 Å². The standard InChI is InChI=1S/C14H24N4O2S/c1-8(2)17-14-18-12(15)11(21-14)13(20)16-7-9-4-3-5-10(19)6-9/h8-10,19H,3-7,15H2,1-2H3,(H,16,20)(H,17,18). The molecule has 7 heteroatoms. The molecule has 1 amide bonds. The van der Waals surface area contributed by atoms with Gasteiger partial charge in [-0.15, -0.1) is 0 Å². The summed E-state index contributed by atoms with van der Waals surface area (Å²) < 4.78 is 0. The fraction of sp³-hybridized carbons (Fsp3) is 0.714. The van der Waals surface area contributed by atoms with Crippen molar-refractivity contribution < 1.29 is 9.90 Å². The van der Waals surface area contributed by atoms with Crippen LogP contribution in [0.25, 0.3) is 0 Å². The first-order valence-corrected chi connectivity index (χ1v) is 8.26. The van der Waals surface area contributed by atoms with E-state index in [1.807, 2.05) is 13.8 Å². The summed E-state index contributed by atoms with van der Waals surface area (Å²) in [5, 5.41) is 16.4. The molecule has 118 valence electrons. The van der Waals surface area contributed by atoms with Crippen molar-refractivity contribution in [2.24, 2.45) is 5.92 Å². The van der Waals surface area contributed by atoms with Gasteiger partial charge in [0.1, 0.15) is 10.7 Å². The first-order chi connectivity index (χ1) is 9.95. The van der Waals surface area contributed by atoms with Crippen molar-refractivity contribution in [3.05, 3.63) is 4.88 Å². The minimum absolute atomic E-state index is 0.179. The van der Waals surface area contributed by atoms with Crippen molar-refractivity contribution in [1.82, 2.24) is 10.3 Å². The number of amides is 1. The highest BCUT2D eigenvalue weighted by Crippen LogP contribution is 2.26. The summed E-state index contributed by atoms with van der Waals surface area (Å²) in [5.41, 5.74) is 5.81. The molecule has 0 bridgehead atoms. The molecular weight excluding hydrogens is 288 g/mol. The van der Waals surface area contributed by atoms with E-state index in [0.29, 0.717) is 22.5 Å². The fourth-order valence-electron chi connectivity index (χ4n) is 2.57. The summed E-state index contributed by atoms with van der Waals surface area (Å²) in [4.78, 5) is 16.8. The third-order valence-electron chi connectivity index (χ3n) is 3.58. The zero-order valence-electron chi connectivity index (χ0n) is 12.6. The first-order valence-electron chi connectivity index (χ1n) is 7.44. The van der Waals surface area contributed by atoms with Crippen LogP contribution in [-0.4, -0.2) is 34.7 Å². The Balaban J connectivity index is 1.89. The number of nitrogens with zero attached hydrogens (tertiary/aromatic N) is 1. The lowest BCUT2D eigenvalue weighted by Gasteiger charge is -2.25. The summed E-state index contributed by atoms with van der Waals surface area (Å²) >= 11 is 1.27. The number of nitrogens with one attached hydrogen (secondary N) is 2. The van der Waals surface area contributed by atoms with Gasteiger partial charge in [0.25, 0.3) is 5.91 Å². The van der Waals surface area contributed by atoms with Gasteiger partial charge >= 0.3 is 0 Å². The Kier molecular flexibility index (Phi) is 5.41. The third kappa shape index (κ3) is 4.57. The molecule has 2 rings (SSSR count). The first kappa shape index (κ1) is 16.0. The second-order valence-corrected chi connectivity index (χ2v) is 6.93. The SMILES string of the molecule is CC(C)Nc1nc(N)c(C(=O)NCC2CCCC(O)C2)s1. The van der Waals surface area contributed by atoms with Gasteiger partial charge in [-0.25, -0.2) is 4.98 Å². The molecule has 0 aliphatic heterocycles. The zero-order valence-corrected chi connectivity index (χ0v) is 13.4. The normalized spacial score (nSPS) is 22.3. The van der Waals surface area contributed by atoms with Crippen LogP contribution < -0.4 is 16.4 Å². The summed E-state index contributed by atoms with van der Waals surface area (Å²) in [7, 11) is 0. The topological polar surface area (TPSA) is 100 Å². The minimum Gasteiger partial charge on any atom is -0.393 e. The molecule has 1 fully saturated rings. The van der Waals surface area contributed by atoms with E-state index in [1.54, 1.807) is 0 Å². The average molecular weight is 312 g/mol. The molecule has 5 N–H and O–H groups in total. The number of carbonyl (C=O) groups is 1. The highest BCUT2D eigenvalue weighted by Gasteiger charge is 2.22. The van der Waals surface area contributed by atoms with Crippen molar-refractivity contribution >= 4 is 28.2 Å². The lowest BCUT2D eigenvalue weighted by molar-refractivity contribution is 0.0877. The molecule has 0 radical (unpaired) electrons. The Morgan fingerprint density at radius 3 is 2.95 bits per heavy atom. The number of aliphatic hydroxyl groups excluding tert-OH is 1. The van der Waals surface area contributed by atoms with Gasteiger partial charge in [0.05, 0.1) is 6.10 Å². The summed E-state index contributed by atoms with van der Waals surface area (Å²) in [6.45, 7) is 4.59. The molecule has 1 aromatic heterocycles. The van der Waals surface area contributed by atoms with Gasteiger partial charge in [0.2, 0.25) is 0 Å². The van der Waals surface area contributed by atoms with Gasteiger partial charge in [0, 0.05) is 12.6 Å². The second-order valence-electron chi connectivity index (χ2n) is 5.93. The number of aliphatic hydroxyl groups is 1. The lowest BCUT2D eigenvalue weighted by Crippen LogP contribution is -2.32. The number of thiazole rings is 1. The van der Waals surface area contributed by atoms with Gasteiger partial charge in [-0.05, 0) is 39.0 Å². The van der Waals surface area contributed by atoms with E-state index in [4.69, 9.17) is 5.73 Å². The largest absolute Gasteiger partial charge is 0.393 e. The van der Waals surface area contributed by atoms with E-state index < -0.39 is 0 Å². The van der Waals surface area contributed by atoms with Crippen LogP contribution in [0.2, 0.25) is 0 Å². The Bertz CT molecular complexity index is 489. The molecule has 2 atom stereocenters. The average Bonchev–Trinajstić information content (AvgIpc) is 2.76. The van der Waals surface area contributed by atoms with Crippen LogP contribution in [0.1, 0.15) is 49.2 Å². The molecule has 1 saturated carbocycles. The predicted octanol–water partition coefficient (Wildman–Crippen LogP) is 1.83. The number of carbonyl (C=O) groups excluding carboxylic acids is 1. The smallest absolute Gasteiger partial charge is 0.265 e. The molecule has 0 aromatic carbocycles. The zero-order chi connectivity index (χ0) is 15.4. The van der Waals surface area contributed by atoms with E-state index in [9.17, 15) is 9.90 Å². The predicted molar refractivity (Wildman–Crippen MR) is 85.6 cm³/mol. The van der Waals surface area contributed by atoms with E-state index >= 15 is 0 Å². The van der Waals surface area contributed by atoms with Crippen LogP contribution >= 0.6 is 11.3 Å². The van der Waals surface area contributed by atoms with Crippen molar-refractivity contribution in [3.63, 3.8) is 0 Å². The van der Waals surface area contributed by atoms with Crippen LogP contribution in [0.3, 0.4) is 0 Å². The van der Waals surface area contributed by atoms with Gasteiger partial charge < -0.3 is 21.5 Å². The maximum Gasteiger partial charge on any atom is 0.265 e. The number of hydrogen-bond acceptors (Lipinski definition) is 6. The van der Waals surface area contributed by atoms with E-state index in [-0.39, 0.29) is 23.9 Å². The number of nitrogen functional groups attached to an aromatic ring is 1. The number of anilines is 2. The van der Waals surface area contributed by atoms with Gasteiger partial charge in [0.15, 0.2) is 5.13 Å². The summed E-state index contributed by atoms with van der Waals surface area (Å²) in [6.07, 6.45) is 3.48. The summed E-state index contributed by atoms with van der Waals surface area (Å²) in [6, 6.07) is 0.246. The van der Waals surface area contributed by atoms with Crippen LogP contribution in [-0.2, 0) is 0 Å². The molecule has 1 aliphatic carbocycles. The molecule has 0 saturated heterocycles. The molecule has 6 nitrogen and oxygen atoms in total. The minimum atomic E-state index is -0.226. The third-order valence-corrected chi connectivity index (χ3v) is 4.58. The number of aromatic nitrogens is 1. The van der Waals surface area contributed by atoms with Gasteiger partial charge in [-0.3, -0.25) is 4.79 Å². The molecule has 0 spiro atoms. The fourth-order valence-corrected chi connectivity index (χ4v) is 3.52. The maximum absolute atomic E-state index is 12.2. The van der Waals surface area contributed by atoms with E-state index in [1.165, 1.54) is 11.3 Å². The van der Waals surface area contributed by atoms with Crippen molar-refractivity contribution in [2.75, 3.05) is 17.6 Å². The van der Waals surface area contributed by atoms with Crippen LogP contribution in [0, 0.1) is 5.92 Å². The maximum atomic E-state index is 12.2. The molecule has 21 heavy (non-hydrogen) atoms. The van der Waals surface area contributed by atoms with Crippen LogP contribution in [0.15, 0.2) is 0 Å². The lowest BCUT2D eigenvalue weighted by atomic mass is 9.87. The van der Waals surface area contributed by atoms with Crippen molar-refractivity contribution in [2.45, 2.75) is 51.7 Å². The van der Waals surface area contributed by atoms with Crippen molar-refractivity contribution in [1.29, 1.82) is 0 Å². The monoisotopic (exact) mass is 312 g/mol. The Labute approximate surface area is 129 Å². The molecular formula is C14H24N4O2S. The number of nitrogens with two attached hydrogens (primary N) is 1. The van der Waals surface area contributed by atoms with Crippen LogP contribution in [0.5, 0.6) is 0 Å². The molecule has 1 aliphatic rings.